The Labute approximate surface area is 894 Å². The first-order chi connectivity index (χ1) is 62.9. The standard InChI is InChI=1S/2C23H36O2.2C22H34O3.C21H32O2.5C2H6.11CH4/c1-6-21(2,3)20(24)25-22(4,5)23-12-14-8-16-15-7-13(10-18(16)23)11-19(23)17(15)9-14;1-6-21(2,3)20(24)25-22(4,5)23-10-17-14-7-13-8-15(17)19(12-23)16(9-13)18(14)11-23;1-5-21(3,4)20(23)24-12(2)25-22-11-14-7-16-15-6-13(9-18(16)22)10-19(22)17(15)8-14;1-5-21(3,4)20(23)24-12(2)25-22-9-17-14-6-13-7-15(17)19(11-22)16(8-13)18(14)10-22;1-5-20(2,3)19(22)23-21(4)12-9-14-13-6-11-7-16(14)18(21)17(8-11)15(13)10-12;5*1-2;;;;;;;;;;;/h2*13-19H,6-12H2,1-5H3;2*12-19H,5-11H2,1-4H3;11-18H,5-10H2,1-4H3;5*1-2H3;11*1H4. The minimum Gasteiger partial charge on any atom is -0.459 e. The maximum absolute atomic E-state index is 13.0. The predicted octanol–water partition coefficient (Wildman–Crippen LogP) is 37.3. The molecule has 846 valence electrons. The van der Waals surface area contributed by atoms with E-state index in [-0.39, 0.29) is 167 Å². The highest BCUT2D eigenvalue weighted by Gasteiger charge is 2.78. The van der Waals surface area contributed by atoms with Crippen LogP contribution in [0.2, 0.25) is 0 Å². The lowest BCUT2D eigenvalue weighted by molar-refractivity contribution is -0.338. The Morgan fingerprint density at radius 2 is 0.507 bits per heavy atom. The molecule has 35 saturated carbocycles. The van der Waals surface area contributed by atoms with Gasteiger partial charge in [0.2, 0.25) is 12.6 Å². The molecule has 0 N–H and O–H groups in total. The lowest BCUT2D eigenvalue weighted by Crippen LogP contribution is -2.73. The second kappa shape index (κ2) is 47.5. The van der Waals surface area contributed by atoms with Crippen LogP contribution in [0.15, 0.2) is 0 Å². The Morgan fingerprint density at radius 1 is 0.264 bits per heavy atom. The van der Waals surface area contributed by atoms with E-state index < -0.39 is 23.4 Å². The fourth-order valence-electron chi connectivity index (χ4n) is 40.6. The van der Waals surface area contributed by atoms with Gasteiger partial charge in [-0.1, -0.05) is 186 Å². The van der Waals surface area contributed by atoms with Gasteiger partial charge in [-0.25, -0.2) is 0 Å². The van der Waals surface area contributed by atoms with E-state index in [0.29, 0.717) is 11.8 Å². The van der Waals surface area contributed by atoms with E-state index in [1.165, 1.54) is 186 Å². The van der Waals surface area contributed by atoms with Gasteiger partial charge >= 0.3 is 29.8 Å². The normalized spacial score (nSPS) is 43.8. The van der Waals surface area contributed by atoms with Gasteiger partial charge in [0.25, 0.3) is 0 Å². The van der Waals surface area contributed by atoms with Crippen LogP contribution in [-0.2, 0) is 57.1 Å². The molecule has 35 aliphatic carbocycles. The van der Waals surface area contributed by atoms with Crippen molar-refractivity contribution in [2.75, 3.05) is 0 Å². The summed E-state index contributed by atoms with van der Waals surface area (Å²) in [5.74, 6) is 33.2. The average molecular weight is 2030 g/mol. The van der Waals surface area contributed by atoms with Crippen molar-refractivity contribution < 1.29 is 57.1 Å². The van der Waals surface area contributed by atoms with Gasteiger partial charge in [-0.3, -0.25) is 24.0 Å². The second-order valence-electron chi connectivity index (χ2n) is 54.8. The zero-order chi connectivity index (χ0) is 96.8. The summed E-state index contributed by atoms with van der Waals surface area (Å²) in [6.45, 7) is 65.7. The van der Waals surface area contributed by atoms with Crippen molar-refractivity contribution >= 4 is 29.8 Å². The average Bonchev–Trinajstić information content (AvgIpc) is 0.617. The fourth-order valence-corrected chi connectivity index (χ4v) is 40.6. The molecule has 15 unspecified atom stereocenters. The van der Waals surface area contributed by atoms with E-state index in [4.69, 9.17) is 33.2 Å². The summed E-state index contributed by atoms with van der Waals surface area (Å²) in [7, 11) is 0. The van der Waals surface area contributed by atoms with Gasteiger partial charge in [0.15, 0.2) is 0 Å². The Morgan fingerprint density at radius 3 is 0.840 bits per heavy atom. The van der Waals surface area contributed by atoms with E-state index in [9.17, 15) is 24.0 Å². The quantitative estimate of drug-likeness (QED) is 0.0611. The van der Waals surface area contributed by atoms with Crippen LogP contribution in [0, 0.1) is 251 Å². The number of esters is 5. The van der Waals surface area contributed by atoms with E-state index >= 15 is 0 Å². The van der Waals surface area contributed by atoms with Gasteiger partial charge in [-0.15, -0.1) is 0 Å². The van der Waals surface area contributed by atoms with E-state index in [0.717, 1.165) is 233 Å². The second-order valence-corrected chi connectivity index (χ2v) is 54.8. The molecule has 0 aliphatic heterocycles. The molecule has 35 rings (SSSR count). The molecular weight excluding hydrogens is 1780 g/mol. The third-order valence-electron chi connectivity index (χ3n) is 47.5. The van der Waals surface area contributed by atoms with Crippen molar-refractivity contribution in [3.63, 3.8) is 0 Å². The topological polar surface area (TPSA) is 150 Å². The highest BCUT2D eigenvalue weighted by Crippen LogP contribution is 2.82. The summed E-state index contributed by atoms with van der Waals surface area (Å²) in [6, 6.07) is 0. The maximum atomic E-state index is 13.0. The third-order valence-corrected chi connectivity index (χ3v) is 47.5. The molecule has 15 atom stereocenters. The zero-order valence-electron chi connectivity index (χ0n) is 91.4. The Bertz CT molecular complexity index is 3900. The van der Waals surface area contributed by atoms with Crippen molar-refractivity contribution in [1.29, 1.82) is 0 Å². The van der Waals surface area contributed by atoms with Gasteiger partial charge in [0.05, 0.1) is 38.3 Å². The highest BCUT2D eigenvalue weighted by molar-refractivity contribution is 5.78. The minimum absolute atomic E-state index is 0. The van der Waals surface area contributed by atoms with Crippen LogP contribution in [0.25, 0.3) is 0 Å². The molecule has 0 amide bonds. The Hall–Kier alpha value is -2.73. The molecule has 0 radical (unpaired) electrons. The molecule has 35 aliphatic rings. The molecule has 35 fully saturated rings. The third kappa shape index (κ3) is 20.9. The van der Waals surface area contributed by atoms with Crippen molar-refractivity contribution in [3.8, 4) is 0 Å². The number of carbonyl (C=O) groups excluding carboxylic acids is 5. The summed E-state index contributed by atoms with van der Waals surface area (Å²) in [5, 5.41) is 0. The van der Waals surface area contributed by atoms with Crippen molar-refractivity contribution in [2.45, 2.75) is 562 Å². The summed E-state index contributed by atoms with van der Waals surface area (Å²) in [4.78, 5) is 63.6. The summed E-state index contributed by atoms with van der Waals surface area (Å²) < 4.78 is 44.0. The molecular formula is C132H246O12. The van der Waals surface area contributed by atoms with Crippen molar-refractivity contribution in [2.24, 2.45) is 251 Å². The Kier molecular flexibility index (Phi) is 43.5. The van der Waals surface area contributed by atoms with Gasteiger partial charge in [0, 0.05) is 16.7 Å². The number of ether oxygens (including phenoxy) is 7. The smallest absolute Gasteiger partial charge is 0.313 e. The fraction of sp³-hybridized carbons (Fsp3) is 0.962. The van der Waals surface area contributed by atoms with Crippen molar-refractivity contribution in [3.05, 3.63) is 0 Å². The van der Waals surface area contributed by atoms with Gasteiger partial charge in [-0.05, 0) is 543 Å². The molecule has 0 aromatic carbocycles. The first kappa shape index (κ1) is 132. The molecule has 40 bridgehead atoms. The van der Waals surface area contributed by atoms with Crippen LogP contribution in [-0.4, -0.2) is 70.4 Å². The largest absolute Gasteiger partial charge is 0.459 e. The van der Waals surface area contributed by atoms with Crippen LogP contribution in [0.5, 0.6) is 0 Å². The van der Waals surface area contributed by atoms with Crippen LogP contribution in [0.1, 0.15) is 522 Å². The number of hydrogen-bond donors (Lipinski definition) is 0. The predicted molar refractivity (Wildman–Crippen MR) is 609 cm³/mol. The molecule has 144 heavy (non-hydrogen) atoms. The molecule has 0 aromatic heterocycles. The first-order valence-corrected chi connectivity index (χ1v) is 58.4. The van der Waals surface area contributed by atoms with Crippen molar-refractivity contribution in [1.82, 2.24) is 0 Å². The summed E-state index contributed by atoms with van der Waals surface area (Å²) in [5.41, 5.74) is -2.14. The zero-order valence-corrected chi connectivity index (χ0v) is 91.4. The number of rotatable bonds is 21. The molecule has 0 saturated heterocycles. The maximum Gasteiger partial charge on any atom is 0.313 e. The Balaban J connectivity index is 0.000000304. The van der Waals surface area contributed by atoms with Crippen LogP contribution in [0.4, 0.5) is 0 Å². The SMILES string of the molecule is C.C.C.C.C.C.C.C.C.C.C.CC.CC.CC.CC.CC.CCC(C)(C)C(=O)OC(C)(C)C12CC3C4CC5CC3C(C1)C(C5)C4C2.CCC(C)(C)C(=O)OC(C)(C)C12CC3CC4C5CC(CC41)CC2C5C3.CCC(C)(C)C(=O)OC(C)OC12CC3C4CC5CC3C(C1)C(C5)C4C2.CCC(C)(C)C(=O)OC(C)OC12CC3CC4C5CC(CC41)CC2C5C3.CCC(C)(C)C(=O)OC1(C)C2CC3C4CC5CC3C1C(C5)C4C2. The molecule has 12 heteroatoms. The molecule has 0 aromatic rings. The van der Waals surface area contributed by atoms with Crippen LogP contribution >= 0.6 is 0 Å². The number of hydrogen-bond acceptors (Lipinski definition) is 12. The first-order valence-electron chi connectivity index (χ1n) is 58.4. The minimum atomic E-state index is -0.420. The lowest BCUT2D eigenvalue weighted by atomic mass is 9.28. The molecule has 12 nitrogen and oxygen atoms in total. The van der Waals surface area contributed by atoms with Crippen LogP contribution < -0.4 is 0 Å². The van der Waals surface area contributed by atoms with E-state index in [1.54, 1.807) is 0 Å². The van der Waals surface area contributed by atoms with Gasteiger partial charge in [-0.2, -0.15) is 0 Å². The van der Waals surface area contributed by atoms with E-state index in [2.05, 4.69) is 55.4 Å². The van der Waals surface area contributed by atoms with Gasteiger partial charge < -0.3 is 33.2 Å². The molecule has 0 spiro atoms. The summed E-state index contributed by atoms with van der Waals surface area (Å²) >= 11 is 0. The summed E-state index contributed by atoms with van der Waals surface area (Å²) in [6.07, 6.45) is 44.2. The van der Waals surface area contributed by atoms with Crippen LogP contribution in [0.3, 0.4) is 0 Å². The highest BCUT2D eigenvalue weighted by atomic mass is 16.7. The number of carbonyl (C=O) groups is 5. The monoisotopic (exact) mass is 2020 g/mol. The van der Waals surface area contributed by atoms with Gasteiger partial charge in [0.1, 0.15) is 16.8 Å². The lowest BCUT2D eigenvalue weighted by Gasteiger charge is -2.77. The molecule has 0 heterocycles. The van der Waals surface area contributed by atoms with E-state index in [1.807, 2.05) is 166 Å².